The minimum absolute atomic E-state index is 0.134. The fraction of sp³-hybridized carbons (Fsp3) is 0.615. The highest BCUT2D eigenvalue weighted by Gasteiger charge is 2.20. The minimum atomic E-state index is -1.04. The second-order valence-electron chi connectivity index (χ2n) is 4.70. The number of rotatable bonds is 7. The normalized spacial score (nSPS) is 12.2. The maximum atomic E-state index is 11.9. The van der Waals surface area contributed by atoms with Gasteiger partial charge in [0.1, 0.15) is 12.6 Å². The number of aliphatic carboxylic acids is 1. The standard InChI is InChI=1S/C13H20N2O4S/c1-4-5-6-10(12(17)18)14-11(16)7-15-8(2)9(3)20-13(15)19/h10H,4-7H2,1-3H3,(H,14,16)(H,17,18)/t10-/m0/s1. The molecule has 1 amide bonds. The van der Waals surface area contributed by atoms with Crippen LogP contribution in [0.15, 0.2) is 4.79 Å². The molecule has 0 radical (unpaired) electrons. The topological polar surface area (TPSA) is 88.4 Å². The van der Waals surface area contributed by atoms with Gasteiger partial charge in [0.2, 0.25) is 5.91 Å². The molecule has 0 aliphatic rings. The van der Waals surface area contributed by atoms with E-state index in [9.17, 15) is 14.4 Å². The number of aromatic nitrogens is 1. The van der Waals surface area contributed by atoms with E-state index in [2.05, 4.69) is 5.32 Å². The third-order valence-corrected chi connectivity index (χ3v) is 4.15. The molecule has 1 atom stereocenters. The third-order valence-electron chi connectivity index (χ3n) is 3.16. The summed E-state index contributed by atoms with van der Waals surface area (Å²) in [5.74, 6) is -1.49. The van der Waals surface area contributed by atoms with Crippen LogP contribution in [0.25, 0.3) is 0 Å². The fourth-order valence-electron chi connectivity index (χ4n) is 1.82. The number of nitrogens with zero attached hydrogens (tertiary/aromatic N) is 1. The number of aryl methyl sites for hydroxylation is 1. The first-order chi connectivity index (χ1) is 9.36. The van der Waals surface area contributed by atoms with Crippen LogP contribution in [0.2, 0.25) is 0 Å². The number of nitrogens with one attached hydrogen (secondary N) is 1. The summed E-state index contributed by atoms with van der Waals surface area (Å²) in [5, 5.41) is 11.5. The van der Waals surface area contributed by atoms with Gasteiger partial charge in [0.05, 0.1) is 0 Å². The zero-order chi connectivity index (χ0) is 15.3. The Morgan fingerprint density at radius 2 is 2.05 bits per heavy atom. The molecule has 6 nitrogen and oxygen atoms in total. The van der Waals surface area contributed by atoms with Gasteiger partial charge in [0, 0.05) is 10.6 Å². The van der Waals surface area contributed by atoms with Gasteiger partial charge in [0.15, 0.2) is 0 Å². The molecule has 1 heterocycles. The average molecular weight is 300 g/mol. The fourth-order valence-corrected chi connectivity index (χ4v) is 2.65. The first-order valence-electron chi connectivity index (χ1n) is 6.55. The number of thiazole rings is 1. The second kappa shape index (κ2) is 7.23. The number of hydrogen-bond acceptors (Lipinski definition) is 4. The minimum Gasteiger partial charge on any atom is -0.480 e. The monoisotopic (exact) mass is 300 g/mol. The van der Waals surface area contributed by atoms with E-state index in [0.717, 1.165) is 34.7 Å². The zero-order valence-corrected chi connectivity index (χ0v) is 12.7. The molecule has 1 rings (SSSR count). The summed E-state index contributed by atoms with van der Waals surface area (Å²) in [5.41, 5.74) is 0.746. The molecule has 20 heavy (non-hydrogen) atoms. The van der Waals surface area contributed by atoms with Crippen molar-refractivity contribution < 1.29 is 14.7 Å². The van der Waals surface area contributed by atoms with Crippen LogP contribution in [-0.2, 0) is 16.1 Å². The number of unbranched alkanes of at least 4 members (excludes halogenated alkanes) is 1. The lowest BCUT2D eigenvalue weighted by molar-refractivity contribution is -0.142. The molecule has 112 valence electrons. The summed E-state index contributed by atoms with van der Waals surface area (Å²) in [4.78, 5) is 35.3. The maximum absolute atomic E-state index is 11.9. The molecule has 0 saturated heterocycles. The van der Waals surface area contributed by atoms with Crippen LogP contribution in [0.3, 0.4) is 0 Å². The van der Waals surface area contributed by atoms with Gasteiger partial charge in [-0.1, -0.05) is 31.1 Å². The molecule has 2 N–H and O–H groups in total. The molecule has 0 saturated carbocycles. The summed E-state index contributed by atoms with van der Waals surface area (Å²) in [7, 11) is 0. The van der Waals surface area contributed by atoms with Crippen LogP contribution in [0.4, 0.5) is 0 Å². The molecular weight excluding hydrogens is 280 g/mol. The van der Waals surface area contributed by atoms with E-state index in [4.69, 9.17) is 5.11 Å². The van der Waals surface area contributed by atoms with Crippen molar-refractivity contribution in [2.45, 2.75) is 52.6 Å². The Morgan fingerprint density at radius 3 is 2.50 bits per heavy atom. The SMILES string of the molecule is CCCC[C@H](NC(=O)Cn1c(C)c(C)sc1=O)C(=O)O. The molecule has 0 aliphatic heterocycles. The molecule has 0 spiro atoms. The Bertz CT molecular complexity index is 547. The largest absolute Gasteiger partial charge is 0.480 e. The first kappa shape index (κ1) is 16.4. The quantitative estimate of drug-likeness (QED) is 0.794. The summed E-state index contributed by atoms with van der Waals surface area (Å²) in [6.07, 6.45) is 1.99. The van der Waals surface area contributed by atoms with E-state index < -0.39 is 17.9 Å². The number of carbonyl (C=O) groups excluding carboxylic acids is 1. The summed E-state index contributed by atoms with van der Waals surface area (Å²) in [6.45, 7) is 5.41. The number of carbonyl (C=O) groups is 2. The van der Waals surface area contributed by atoms with Crippen molar-refractivity contribution in [1.29, 1.82) is 0 Å². The Morgan fingerprint density at radius 1 is 1.40 bits per heavy atom. The van der Waals surface area contributed by atoms with E-state index in [1.54, 1.807) is 6.92 Å². The highest BCUT2D eigenvalue weighted by atomic mass is 32.1. The second-order valence-corrected chi connectivity index (χ2v) is 5.86. The highest BCUT2D eigenvalue weighted by molar-refractivity contribution is 7.09. The van der Waals surface area contributed by atoms with Gasteiger partial charge in [-0.2, -0.15) is 0 Å². The van der Waals surface area contributed by atoms with E-state index in [0.29, 0.717) is 6.42 Å². The van der Waals surface area contributed by atoms with Crippen LogP contribution in [0.1, 0.15) is 36.8 Å². The summed E-state index contributed by atoms with van der Waals surface area (Å²) >= 11 is 1.09. The number of carboxylic acid groups (broad SMARTS) is 1. The molecular formula is C13H20N2O4S. The smallest absolute Gasteiger partial charge is 0.326 e. The predicted octanol–water partition coefficient (Wildman–Crippen LogP) is 1.29. The lowest BCUT2D eigenvalue weighted by Crippen LogP contribution is -2.43. The van der Waals surface area contributed by atoms with Crippen molar-refractivity contribution in [3.05, 3.63) is 20.2 Å². The van der Waals surface area contributed by atoms with Crippen LogP contribution in [0, 0.1) is 13.8 Å². The zero-order valence-electron chi connectivity index (χ0n) is 11.9. The Labute approximate surface area is 121 Å². The highest BCUT2D eigenvalue weighted by Crippen LogP contribution is 2.09. The van der Waals surface area contributed by atoms with Gasteiger partial charge >= 0.3 is 10.8 Å². The summed E-state index contributed by atoms with van der Waals surface area (Å²) in [6, 6.07) is -0.891. The Kier molecular flexibility index (Phi) is 5.94. The Balaban J connectivity index is 2.70. The lowest BCUT2D eigenvalue weighted by atomic mass is 10.1. The van der Waals surface area contributed by atoms with Gasteiger partial charge in [0.25, 0.3) is 0 Å². The molecule has 0 bridgehead atoms. The van der Waals surface area contributed by atoms with Crippen LogP contribution in [-0.4, -0.2) is 27.6 Å². The van der Waals surface area contributed by atoms with Crippen LogP contribution in [0.5, 0.6) is 0 Å². The number of hydrogen-bond donors (Lipinski definition) is 2. The molecule has 0 aromatic carbocycles. The van der Waals surface area contributed by atoms with Crippen molar-refractivity contribution in [2.24, 2.45) is 0 Å². The van der Waals surface area contributed by atoms with E-state index in [-0.39, 0.29) is 11.4 Å². The van der Waals surface area contributed by atoms with Crippen LogP contribution < -0.4 is 10.2 Å². The number of amides is 1. The van der Waals surface area contributed by atoms with Gasteiger partial charge in [-0.05, 0) is 20.3 Å². The molecule has 7 heteroatoms. The molecule has 0 aliphatic carbocycles. The van der Waals surface area contributed by atoms with Crippen molar-refractivity contribution in [1.82, 2.24) is 9.88 Å². The van der Waals surface area contributed by atoms with E-state index in [1.165, 1.54) is 4.57 Å². The number of carboxylic acids is 1. The predicted molar refractivity (Wildman–Crippen MR) is 77.1 cm³/mol. The molecule has 0 unspecified atom stereocenters. The van der Waals surface area contributed by atoms with Gasteiger partial charge in [-0.15, -0.1) is 0 Å². The molecule has 1 aromatic rings. The molecule has 0 fully saturated rings. The van der Waals surface area contributed by atoms with Gasteiger partial charge in [-0.3, -0.25) is 14.2 Å². The molecule has 1 aromatic heterocycles. The third kappa shape index (κ3) is 4.19. The average Bonchev–Trinajstić information content (AvgIpc) is 2.61. The van der Waals surface area contributed by atoms with Crippen LogP contribution >= 0.6 is 11.3 Å². The van der Waals surface area contributed by atoms with Crippen molar-refractivity contribution >= 4 is 23.2 Å². The maximum Gasteiger partial charge on any atom is 0.326 e. The van der Waals surface area contributed by atoms with Crippen molar-refractivity contribution in [3.8, 4) is 0 Å². The lowest BCUT2D eigenvalue weighted by Gasteiger charge is -2.14. The van der Waals surface area contributed by atoms with E-state index in [1.807, 2.05) is 13.8 Å². The van der Waals surface area contributed by atoms with Crippen molar-refractivity contribution in [2.75, 3.05) is 0 Å². The summed E-state index contributed by atoms with van der Waals surface area (Å²) < 4.78 is 1.37. The van der Waals surface area contributed by atoms with E-state index >= 15 is 0 Å². The first-order valence-corrected chi connectivity index (χ1v) is 7.37. The van der Waals surface area contributed by atoms with Gasteiger partial charge in [-0.25, -0.2) is 4.79 Å². The van der Waals surface area contributed by atoms with Crippen molar-refractivity contribution in [3.63, 3.8) is 0 Å². The van der Waals surface area contributed by atoms with Gasteiger partial charge < -0.3 is 10.4 Å². The Hall–Kier alpha value is -1.63.